The van der Waals surface area contributed by atoms with E-state index >= 15 is 0 Å². The van der Waals surface area contributed by atoms with Gasteiger partial charge in [-0.05, 0) is 26.7 Å². The lowest BCUT2D eigenvalue weighted by atomic mass is 10.2. The molecule has 19 heavy (non-hydrogen) atoms. The topological polar surface area (TPSA) is 41.1 Å². The highest BCUT2D eigenvalue weighted by Crippen LogP contribution is 2.40. The van der Waals surface area contributed by atoms with Crippen molar-refractivity contribution in [3.05, 3.63) is 11.4 Å². The van der Waals surface area contributed by atoms with Gasteiger partial charge in [0.25, 0.3) is 6.43 Å². The number of aromatic nitrogens is 2. The molecule has 1 aromatic rings. The van der Waals surface area contributed by atoms with Crippen molar-refractivity contribution < 1.29 is 8.78 Å². The number of rotatable bonds is 6. The summed E-state index contributed by atoms with van der Waals surface area (Å²) in [5, 5.41) is 3.18. The zero-order chi connectivity index (χ0) is 14.0. The molecule has 0 radical (unpaired) electrons. The van der Waals surface area contributed by atoms with Crippen molar-refractivity contribution in [2.75, 3.05) is 30.4 Å². The van der Waals surface area contributed by atoms with Crippen molar-refractivity contribution in [1.82, 2.24) is 9.97 Å². The first-order chi connectivity index (χ1) is 9.02. The smallest absolute Gasteiger partial charge is 0.255 e. The lowest BCUT2D eigenvalue weighted by molar-refractivity contribution is 0.156. The maximum atomic E-state index is 12.5. The van der Waals surface area contributed by atoms with Gasteiger partial charge in [0, 0.05) is 25.1 Å². The van der Waals surface area contributed by atoms with Crippen LogP contribution in [0.4, 0.5) is 20.4 Å². The van der Waals surface area contributed by atoms with Crippen molar-refractivity contribution in [2.24, 2.45) is 0 Å². The Kier molecular flexibility index (Phi) is 4.17. The van der Waals surface area contributed by atoms with Gasteiger partial charge in [0.15, 0.2) is 0 Å². The van der Waals surface area contributed by atoms with Gasteiger partial charge < -0.3 is 10.2 Å². The lowest BCUT2D eigenvalue weighted by Crippen LogP contribution is -2.26. The zero-order valence-corrected chi connectivity index (χ0v) is 11.6. The molecular weight excluding hydrogens is 250 g/mol. The Bertz CT molecular complexity index is 447. The van der Waals surface area contributed by atoms with Crippen LogP contribution >= 0.6 is 0 Å². The first-order valence-electron chi connectivity index (χ1n) is 6.64. The van der Waals surface area contributed by atoms with E-state index in [0.29, 0.717) is 11.7 Å². The molecule has 0 saturated heterocycles. The molecule has 0 aliphatic heterocycles. The Morgan fingerprint density at radius 1 is 1.37 bits per heavy atom. The number of nitrogens with one attached hydrogen (secondary N) is 1. The van der Waals surface area contributed by atoms with Gasteiger partial charge in [-0.3, -0.25) is 0 Å². The summed E-state index contributed by atoms with van der Waals surface area (Å²) in [5.74, 6) is 2.54. The lowest BCUT2D eigenvalue weighted by Gasteiger charge is -2.22. The van der Waals surface area contributed by atoms with Gasteiger partial charge in [-0.2, -0.15) is 0 Å². The van der Waals surface area contributed by atoms with Crippen LogP contribution in [0, 0.1) is 6.92 Å². The van der Waals surface area contributed by atoms with Crippen LogP contribution in [0.15, 0.2) is 0 Å². The van der Waals surface area contributed by atoms with Gasteiger partial charge in [0.05, 0.1) is 6.54 Å². The molecule has 106 valence electrons. The van der Waals surface area contributed by atoms with E-state index in [0.717, 1.165) is 36.6 Å². The summed E-state index contributed by atoms with van der Waals surface area (Å²) >= 11 is 0. The molecular formula is C13H20F2N4. The largest absolute Gasteiger partial charge is 0.370 e. The van der Waals surface area contributed by atoms with Gasteiger partial charge in [-0.25, -0.2) is 18.7 Å². The highest BCUT2D eigenvalue weighted by molar-refractivity contribution is 5.58. The van der Waals surface area contributed by atoms with Crippen LogP contribution in [0.5, 0.6) is 0 Å². The molecule has 1 aliphatic rings. The summed E-state index contributed by atoms with van der Waals surface area (Å²) < 4.78 is 25.0. The average molecular weight is 270 g/mol. The van der Waals surface area contributed by atoms with Crippen LogP contribution in [0.3, 0.4) is 0 Å². The summed E-state index contributed by atoms with van der Waals surface area (Å²) in [4.78, 5) is 10.5. The van der Waals surface area contributed by atoms with Crippen LogP contribution < -0.4 is 10.2 Å². The molecule has 0 aromatic carbocycles. The Morgan fingerprint density at radius 3 is 2.58 bits per heavy atom. The molecule has 1 aromatic heterocycles. The third-order valence-electron chi connectivity index (χ3n) is 3.20. The Hall–Kier alpha value is -1.46. The molecule has 0 bridgehead atoms. The molecule has 1 N–H and O–H groups in total. The van der Waals surface area contributed by atoms with Crippen LogP contribution in [0.2, 0.25) is 0 Å². The van der Waals surface area contributed by atoms with E-state index in [9.17, 15) is 8.78 Å². The highest BCUT2D eigenvalue weighted by atomic mass is 19.3. The van der Waals surface area contributed by atoms with Crippen molar-refractivity contribution in [1.29, 1.82) is 0 Å². The molecule has 4 nitrogen and oxygen atoms in total. The molecule has 0 spiro atoms. The van der Waals surface area contributed by atoms with Crippen LogP contribution in [0.25, 0.3) is 0 Å². The average Bonchev–Trinajstić information content (AvgIpc) is 3.15. The van der Waals surface area contributed by atoms with E-state index in [-0.39, 0.29) is 6.54 Å². The van der Waals surface area contributed by atoms with E-state index in [1.54, 1.807) is 7.05 Å². The van der Waals surface area contributed by atoms with E-state index in [4.69, 9.17) is 0 Å². The van der Waals surface area contributed by atoms with E-state index in [1.807, 2.05) is 13.8 Å². The number of alkyl halides is 2. The third-order valence-corrected chi connectivity index (χ3v) is 3.20. The summed E-state index contributed by atoms with van der Waals surface area (Å²) in [6, 6.07) is 0. The normalized spacial score (nSPS) is 14.8. The fourth-order valence-corrected chi connectivity index (χ4v) is 2.05. The number of anilines is 2. The summed E-state index contributed by atoms with van der Waals surface area (Å²) in [6.45, 7) is 4.29. The van der Waals surface area contributed by atoms with Gasteiger partial charge in [-0.1, -0.05) is 0 Å². The van der Waals surface area contributed by atoms with Crippen molar-refractivity contribution >= 4 is 11.6 Å². The quantitative estimate of drug-likeness (QED) is 0.863. The second-order valence-electron chi connectivity index (χ2n) is 4.96. The fraction of sp³-hybridized carbons (Fsp3) is 0.692. The number of halogens is 2. The van der Waals surface area contributed by atoms with Gasteiger partial charge in [0.1, 0.15) is 17.5 Å². The maximum Gasteiger partial charge on any atom is 0.255 e. The first-order valence-corrected chi connectivity index (χ1v) is 6.64. The maximum absolute atomic E-state index is 12.5. The minimum atomic E-state index is -2.37. The van der Waals surface area contributed by atoms with E-state index in [1.165, 1.54) is 4.90 Å². The summed E-state index contributed by atoms with van der Waals surface area (Å²) in [5.41, 5.74) is 0.828. The predicted molar refractivity (Wildman–Crippen MR) is 72.2 cm³/mol. The van der Waals surface area contributed by atoms with E-state index in [2.05, 4.69) is 15.3 Å². The molecule has 2 rings (SSSR count). The standard InChI is InChI=1S/C13H20F2N4/c1-4-16-11-8(2)13(19(3)7-10(14)15)18-12(17-11)9-5-6-9/h9-10H,4-7H2,1-3H3,(H,16,17,18). The fourth-order valence-electron chi connectivity index (χ4n) is 2.05. The number of hydrogen-bond donors (Lipinski definition) is 1. The van der Waals surface area contributed by atoms with Crippen LogP contribution in [-0.2, 0) is 0 Å². The van der Waals surface area contributed by atoms with Crippen molar-refractivity contribution in [2.45, 2.75) is 39.0 Å². The molecule has 1 aliphatic carbocycles. The Balaban J connectivity index is 2.33. The second kappa shape index (κ2) is 5.67. The van der Waals surface area contributed by atoms with Crippen molar-refractivity contribution in [3.8, 4) is 0 Å². The first kappa shape index (κ1) is 14.0. The predicted octanol–water partition coefficient (Wildman–Crippen LogP) is 2.80. The highest BCUT2D eigenvalue weighted by Gasteiger charge is 2.29. The molecule has 0 atom stereocenters. The Morgan fingerprint density at radius 2 is 2.05 bits per heavy atom. The molecule has 0 unspecified atom stereocenters. The molecule has 0 amide bonds. The summed E-state index contributed by atoms with van der Waals surface area (Å²) in [7, 11) is 1.65. The molecule has 1 fully saturated rings. The van der Waals surface area contributed by atoms with E-state index < -0.39 is 6.43 Å². The minimum Gasteiger partial charge on any atom is -0.370 e. The third kappa shape index (κ3) is 3.30. The molecule has 6 heteroatoms. The Labute approximate surface area is 112 Å². The van der Waals surface area contributed by atoms with Crippen LogP contribution in [-0.4, -0.2) is 36.5 Å². The van der Waals surface area contributed by atoms with Gasteiger partial charge >= 0.3 is 0 Å². The summed E-state index contributed by atoms with van der Waals surface area (Å²) in [6.07, 6.45) is -0.189. The minimum absolute atomic E-state index is 0.312. The zero-order valence-electron chi connectivity index (χ0n) is 11.6. The second-order valence-corrected chi connectivity index (χ2v) is 4.96. The SMILES string of the molecule is CCNc1nc(C2CC2)nc(N(C)CC(F)F)c1C. The van der Waals surface area contributed by atoms with Crippen LogP contribution in [0.1, 0.15) is 37.1 Å². The molecule has 1 saturated carbocycles. The number of hydrogen-bond acceptors (Lipinski definition) is 4. The number of nitrogens with zero attached hydrogens (tertiary/aromatic N) is 3. The van der Waals surface area contributed by atoms with Gasteiger partial charge in [0.2, 0.25) is 0 Å². The monoisotopic (exact) mass is 270 g/mol. The van der Waals surface area contributed by atoms with Gasteiger partial charge in [-0.15, -0.1) is 0 Å². The molecule has 1 heterocycles. The van der Waals surface area contributed by atoms with Crippen molar-refractivity contribution in [3.63, 3.8) is 0 Å².